The maximum absolute atomic E-state index is 5.53. The molecule has 1 aliphatic heterocycles. The quantitative estimate of drug-likeness (QED) is 0.173. The molecule has 0 saturated heterocycles. The molecular formula is C48H28N4. The Bertz CT molecular complexity index is 2980. The molecule has 0 spiro atoms. The fourth-order valence-corrected chi connectivity index (χ4v) is 7.80. The van der Waals surface area contributed by atoms with E-state index in [9.17, 15) is 0 Å². The Morgan fingerprint density at radius 2 is 0.673 bits per heavy atom. The second-order valence-electron chi connectivity index (χ2n) is 13.5. The molecule has 0 radical (unpaired) electrons. The zero-order valence-corrected chi connectivity index (χ0v) is 28.0. The van der Waals surface area contributed by atoms with Crippen molar-refractivity contribution in [2.75, 3.05) is 0 Å². The molecule has 52 heavy (non-hydrogen) atoms. The van der Waals surface area contributed by atoms with Crippen molar-refractivity contribution in [3.63, 3.8) is 0 Å². The predicted molar refractivity (Wildman–Crippen MR) is 217 cm³/mol. The van der Waals surface area contributed by atoms with Gasteiger partial charge in [-0.15, -0.1) is 0 Å². The van der Waals surface area contributed by atoms with E-state index in [1.54, 1.807) is 0 Å². The highest BCUT2D eigenvalue weighted by atomic mass is 14.9. The lowest BCUT2D eigenvalue weighted by Gasteiger charge is -2.19. The van der Waals surface area contributed by atoms with Crippen LogP contribution in [0, 0.1) is 0 Å². The first kappa shape index (κ1) is 28.8. The number of benzene rings is 8. The van der Waals surface area contributed by atoms with E-state index in [0.717, 1.165) is 77.9 Å². The van der Waals surface area contributed by atoms with Crippen molar-refractivity contribution in [1.29, 1.82) is 0 Å². The third kappa shape index (κ3) is 4.55. The molecule has 1 aliphatic rings. The van der Waals surface area contributed by atoms with Crippen LogP contribution in [-0.2, 0) is 0 Å². The Labute approximate surface area is 299 Å². The molecular weight excluding hydrogens is 633 g/mol. The van der Waals surface area contributed by atoms with Crippen LogP contribution in [0.25, 0.3) is 64.9 Å². The first-order valence-corrected chi connectivity index (χ1v) is 17.6. The summed E-state index contributed by atoms with van der Waals surface area (Å²) in [7, 11) is 0. The minimum absolute atomic E-state index is 0.738. The number of pyridine rings is 2. The largest absolute Gasteiger partial charge is 0.244 e. The van der Waals surface area contributed by atoms with E-state index in [0.29, 0.717) is 0 Å². The van der Waals surface area contributed by atoms with Crippen molar-refractivity contribution < 1.29 is 0 Å². The minimum atomic E-state index is 0.738. The van der Waals surface area contributed by atoms with Crippen LogP contribution < -0.4 is 0 Å². The van der Waals surface area contributed by atoms with Crippen LogP contribution in [0.15, 0.2) is 180 Å². The van der Waals surface area contributed by atoms with Gasteiger partial charge in [0.15, 0.2) is 0 Å². The van der Waals surface area contributed by atoms with Gasteiger partial charge in [0.1, 0.15) is 11.4 Å². The molecule has 11 rings (SSSR count). The average Bonchev–Trinajstić information content (AvgIpc) is 3.20. The second kappa shape index (κ2) is 11.2. The lowest BCUT2D eigenvalue weighted by atomic mass is 9.95. The van der Waals surface area contributed by atoms with E-state index in [2.05, 4.69) is 146 Å². The lowest BCUT2D eigenvalue weighted by molar-refractivity contribution is 1.27. The molecule has 0 saturated carbocycles. The van der Waals surface area contributed by atoms with Crippen LogP contribution in [-0.4, -0.2) is 21.4 Å². The summed E-state index contributed by atoms with van der Waals surface area (Å²) in [5, 5.41) is 11.6. The third-order valence-electron chi connectivity index (χ3n) is 10.4. The Hall–Kier alpha value is -7.04. The summed E-state index contributed by atoms with van der Waals surface area (Å²) in [6.07, 6.45) is 0. The normalized spacial score (nSPS) is 14.8. The number of hydrogen-bond acceptors (Lipinski definition) is 4. The van der Waals surface area contributed by atoms with Crippen LogP contribution >= 0.6 is 0 Å². The van der Waals surface area contributed by atoms with Gasteiger partial charge in [0, 0.05) is 21.9 Å². The van der Waals surface area contributed by atoms with E-state index in [1.807, 2.05) is 24.3 Å². The standard InChI is InChI=1S/C48H28N4/c1-5-13-37-29(9-1)17-19-31-25-35(21-23-39(31)37)45-47-43(27-33-11-3-7-15-41(33)49-47)52-46(48-44(51-45)28-34-12-4-8-16-42(34)50-48)36-22-24-40-32(26-36)20-18-30-10-2-6-14-38(30)40/h1-28H/b47-45?,48-46?,51-44?,51-45-,52-43?,52-46-. The van der Waals surface area contributed by atoms with Crippen LogP contribution in [0.4, 0.5) is 11.4 Å². The van der Waals surface area contributed by atoms with Crippen molar-refractivity contribution in [3.8, 4) is 0 Å². The van der Waals surface area contributed by atoms with Crippen molar-refractivity contribution in [2.24, 2.45) is 9.98 Å². The molecule has 0 unspecified atom stereocenters. The molecule has 0 atom stereocenters. The first-order valence-electron chi connectivity index (χ1n) is 17.6. The predicted octanol–water partition coefficient (Wildman–Crippen LogP) is 12.0. The molecule has 4 nitrogen and oxygen atoms in total. The Balaban J connectivity index is 1.21. The van der Waals surface area contributed by atoms with Gasteiger partial charge < -0.3 is 0 Å². The molecule has 4 heteroatoms. The van der Waals surface area contributed by atoms with Gasteiger partial charge in [0.2, 0.25) is 0 Å². The number of aromatic nitrogens is 2. The van der Waals surface area contributed by atoms with Gasteiger partial charge in [0.25, 0.3) is 0 Å². The molecule has 8 aromatic carbocycles. The van der Waals surface area contributed by atoms with Crippen molar-refractivity contribution in [2.45, 2.75) is 0 Å². The van der Waals surface area contributed by atoms with E-state index in [1.165, 1.54) is 32.3 Å². The molecule has 0 fully saturated rings. The summed E-state index contributed by atoms with van der Waals surface area (Å²) in [6, 6.07) is 59.8. The van der Waals surface area contributed by atoms with Gasteiger partial charge in [0.05, 0.1) is 33.8 Å². The van der Waals surface area contributed by atoms with Crippen molar-refractivity contribution >= 4 is 87.7 Å². The van der Waals surface area contributed by atoms with Crippen LogP contribution in [0.3, 0.4) is 0 Å². The molecule has 0 amide bonds. The highest BCUT2D eigenvalue weighted by molar-refractivity contribution is 6.24. The Morgan fingerprint density at radius 1 is 0.288 bits per heavy atom. The average molecular weight is 661 g/mol. The maximum atomic E-state index is 5.53. The molecule has 0 N–H and O–H groups in total. The van der Waals surface area contributed by atoms with Gasteiger partial charge >= 0.3 is 0 Å². The van der Waals surface area contributed by atoms with Gasteiger partial charge in [-0.05, 0) is 79.5 Å². The molecule has 0 aliphatic carbocycles. The van der Waals surface area contributed by atoms with Crippen molar-refractivity contribution in [3.05, 3.63) is 192 Å². The first-order chi connectivity index (χ1) is 25.7. The summed E-state index contributed by atoms with van der Waals surface area (Å²) < 4.78 is 0. The molecule has 0 bridgehead atoms. The number of hydrogen-bond donors (Lipinski definition) is 0. The SMILES string of the molecule is c1ccc2nc3c(cc2c1)/N=C(/c1ccc2c(ccc4ccccc42)c1)c1nc2ccccc2cc1/N=C\3c1ccc2c(ccc3ccccc32)c1. The monoisotopic (exact) mass is 660 g/mol. The number of para-hydroxylation sites is 2. The van der Waals surface area contributed by atoms with Crippen LogP contribution in [0.5, 0.6) is 0 Å². The highest BCUT2D eigenvalue weighted by Gasteiger charge is 2.24. The summed E-state index contributed by atoms with van der Waals surface area (Å²) in [6.45, 7) is 0. The maximum Gasteiger partial charge on any atom is 0.116 e. The fourth-order valence-electron chi connectivity index (χ4n) is 7.80. The van der Waals surface area contributed by atoms with Gasteiger partial charge in [-0.3, -0.25) is 0 Å². The zero-order valence-electron chi connectivity index (χ0n) is 28.0. The van der Waals surface area contributed by atoms with E-state index in [4.69, 9.17) is 20.0 Å². The molecule has 10 aromatic rings. The Kier molecular flexibility index (Phi) is 6.22. The molecule has 2 aromatic heterocycles. The van der Waals surface area contributed by atoms with Crippen LogP contribution in [0.1, 0.15) is 22.5 Å². The zero-order chi connectivity index (χ0) is 34.2. The number of rotatable bonds is 2. The van der Waals surface area contributed by atoms with Crippen LogP contribution in [0.2, 0.25) is 0 Å². The lowest BCUT2D eigenvalue weighted by Crippen LogP contribution is -2.13. The van der Waals surface area contributed by atoms with Gasteiger partial charge in [-0.1, -0.05) is 133 Å². The number of nitrogens with zero attached hydrogens (tertiary/aromatic N) is 4. The van der Waals surface area contributed by atoms with Crippen molar-refractivity contribution in [1.82, 2.24) is 9.97 Å². The smallest absolute Gasteiger partial charge is 0.116 e. The second-order valence-corrected chi connectivity index (χ2v) is 13.5. The summed E-state index contributed by atoms with van der Waals surface area (Å²) >= 11 is 0. The number of aliphatic imine (C=N–C) groups is 2. The fraction of sp³-hybridized carbons (Fsp3) is 0. The Morgan fingerprint density at radius 3 is 1.15 bits per heavy atom. The van der Waals surface area contributed by atoms with E-state index < -0.39 is 0 Å². The topological polar surface area (TPSA) is 50.5 Å². The van der Waals surface area contributed by atoms with Gasteiger partial charge in [-0.25, -0.2) is 20.0 Å². The molecule has 3 heterocycles. The summed E-state index contributed by atoms with van der Waals surface area (Å²) in [5.74, 6) is 0. The van der Waals surface area contributed by atoms with Gasteiger partial charge in [-0.2, -0.15) is 0 Å². The minimum Gasteiger partial charge on any atom is -0.244 e. The summed E-state index contributed by atoms with van der Waals surface area (Å²) in [5.41, 5.74) is 8.26. The molecule has 240 valence electrons. The number of fused-ring (bicyclic) bond motifs is 10. The summed E-state index contributed by atoms with van der Waals surface area (Å²) in [4.78, 5) is 21.6. The van der Waals surface area contributed by atoms with E-state index in [-0.39, 0.29) is 0 Å². The van der Waals surface area contributed by atoms with E-state index >= 15 is 0 Å². The highest BCUT2D eigenvalue weighted by Crippen LogP contribution is 2.37. The third-order valence-corrected chi connectivity index (χ3v) is 10.4.